The molecular weight excluding hydrogens is 711 g/mol. The molecule has 9 nitrogen and oxygen atoms in total. The lowest BCUT2D eigenvalue weighted by Crippen LogP contribution is -2.37. The van der Waals surface area contributed by atoms with Crippen LogP contribution in [0.25, 0.3) is 0 Å². The number of benzene rings is 2. The first-order chi connectivity index (χ1) is 24.3. The third-order valence-corrected chi connectivity index (χ3v) is 10.1. The van der Waals surface area contributed by atoms with Gasteiger partial charge < -0.3 is 11.1 Å². The second-order valence-electron chi connectivity index (χ2n) is 12.7. The monoisotopic (exact) mass is 744 g/mol. The fourth-order valence-corrected chi connectivity index (χ4v) is 6.61. The van der Waals surface area contributed by atoms with Crippen LogP contribution in [-0.4, -0.2) is 56.9 Å². The average molecular weight is 746 g/mol. The van der Waals surface area contributed by atoms with Crippen molar-refractivity contribution in [2.75, 3.05) is 13.1 Å². The molecule has 2 aromatic heterocycles. The molecule has 4 aromatic rings. The smallest absolute Gasteiger partial charge is 0.315 e. The zero-order valence-electron chi connectivity index (χ0n) is 27.3. The first-order valence-corrected chi connectivity index (χ1v) is 17.0. The molecule has 2 saturated carbocycles. The van der Waals surface area contributed by atoms with Crippen LogP contribution in [0.1, 0.15) is 82.0 Å². The zero-order chi connectivity index (χ0) is 36.8. The van der Waals surface area contributed by atoms with Crippen molar-refractivity contribution >= 4 is 40.7 Å². The maximum atomic E-state index is 13.5. The fraction of sp³-hybridized carbons (Fsp3) is 0.361. The Hall–Kier alpha value is -4.33. The van der Waals surface area contributed by atoms with E-state index < -0.39 is 36.3 Å². The molecule has 0 bridgehead atoms. The van der Waals surface area contributed by atoms with Gasteiger partial charge in [-0.25, -0.2) is 28.7 Å². The van der Waals surface area contributed by atoms with Crippen LogP contribution in [0.3, 0.4) is 0 Å². The van der Waals surface area contributed by atoms with E-state index in [0.29, 0.717) is 30.1 Å². The van der Waals surface area contributed by atoms with Crippen molar-refractivity contribution in [2.45, 2.75) is 68.6 Å². The molecule has 3 N–H and O–H groups in total. The summed E-state index contributed by atoms with van der Waals surface area (Å²) in [6.07, 6.45) is 9.51. The third-order valence-electron chi connectivity index (χ3n) is 9.54. The minimum atomic E-state index is -3.18. The van der Waals surface area contributed by atoms with E-state index in [1.807, 2.05) is 5.32 Å². The first-order valence-electron chi connectivity index (χ1n) is 16.2. The Labute approximate surface area is 301 Å². The van der Waals surface area contributed by atoms with Gasteiger partial charge in [0.15, 0.2) is 11.6 Å². The van der Waals surface area contributed by atoms with Crippen molar-refractivity contribution < 1.29 is 31.9 Å². The number of carbonyl (C=O) groups excluding carboxylic acids is 3. The highest BCUT2D eigenvalue weighted by molar-refractivity contribution is 6.31. The summed E-state index contributed by atoms with van der Waals surface area (Å²) >= 11 is 11.8. The normalized spacial score (nSPS) is 15.5. The number of Topliss-reactive ketones (excluding diaryl/α,β-unsaturated/α-hetero) is 2. The summed E-state index contributed by atoms with van der Waals surface area (Å²) in [7, 11) is 0. The topological polar surface area (TPSA) is 141 Å². The molecule has 0 saturated heterocycles. The molecule has 51 heavy (non-hydrogen) atoms. The quantitative estimate of drug-likeness (QED) is 0.123. The number of hydrogen-bond donors (Lipinski definition) is 2. The van der Waals surface area contributed by atoms with Crippen LogP contribution in [0.5, 0.6) is 0 Å². The molecule has 2 heterocycles. The number of nitrogens with two attached hydrogens (primary N) is 1. The molecule has 15 heteroatoms. The van der Waals surface area contributed by atoms with Crippen molar-refractivity contribution in [1.29, 1.82) is 0 Å². The highest BCUT2D eigenvalue weighted by Crippen LogP contribution is 2.47. The maximum absolute atomic E-state index is 13.5. The van der Waals surface area contributed by atoms with Crippen LogP contribution in [0, 0.1) is 11.6 Å². The summed E-state index contributed by atoms with van der Waals surface area (Å²) < 4.78 is 51.1. The highest BCUT2D eigenvalue weighted by atomic mass is 35.5. The number of hydrogen-bond acceptors (Lipinski definition) is 8. The van der Waals surface area contributed by atoms with Crippen LogP contribution >= 0.6 is 23.2 Å². The molecule has 0 radical (unpaired) electrons. The Morgan fingerprint density at radius 1 is 0.725 bits per heavy atom. The Kier molecular flexibility index (Phi) is 12.2. The molecule has 0 atom stereocenters. The molecule has 2 fully saturated rings. The molecule has 0 aliphatic heterocycles. The van der Waals surface area contributed by atoms with Crippen molar-refractivity contribution in [3.63, 3.8) is 0 Å². The van der Waals surface area contributed by atoms with Crippen LogP contribution in [0.15, 0.2) is 61.2 Å². The van der Waals surface area contributed by atoms with Crippen LogP contribution < -0.4 is 11.1 Å². The first kappa shape index (κ1) is 37.9. The van der Waals surface area contributed by atoms with Gasteiger partial charge in [0.25, 0.3) is 5.91 Å². The minimum absolute atomic E-state index is 0.0548. The molecule has 2 aliphatic rings. The molecule has 6 rings (SSSR count). The van der Waals surface area contributed by atoms with Gasteiger partial charge in [-0.3, -0.25) is 14.4 Å². The van der Waals surface area contributed by atoms with E-state index in [-0.39, 0.29) is 38.8 Å². The number of nitrogens with zero attached hydrogens (tertiary/aromatic N) is 4. The van der Waals surface area contributed by atoms with Gasteiger partial charge in [-0.2, -0.15) is 8.78 Å². The van der Waals surface area contributed by atoms with Gasteiger partial charge in [-0.15, -0.1) is 0 Å². The molecule has 0 spiro atoms. The fourth-order valence-electron chi connectivity index (χ4n) is 6.24. The number of aromatic nitrogens is 4. The van der Waals surface area contributed by atoms with E-state index >= 15 is 0 Å². The van der Waals surface area contributed by atoms with Crippen molar-refractivity contribution in [2.24, 2.45) is 5.73 Å². The number of rotatable bonds is 12. The Morgan fingerprint density at radius 3 is 1.47 bits per heavy atom. The van der Waals surface area contributed by atoms with E-state index in [1.165, 1.54) is 36.9 Å². The van der Waals surface area contributed by atoms with E-state index in [9.17, 15) is 31.9 Å². The van der Waals surface area contributed by atoms with E-state index in [4.69, 9.17) is 28.9 Å². The number of amides is 1. The van der Waals surface area contributed by atoms with Gasteiger partial charge in [0.05, 0.1) is 34.3 Å². The van der Waals surface area contributed by atoms with Crippen molar-refractivity contribution in [1.82, 2.24) is 25.3 Å². The SMILES string of the molecule is NCC(=O)c1cnc(CC2(c3ccc(F)c(Cl)c3)CCC2)nc1.O=C(CNC(=O)C(F)F)c1cnc(CC2(c3ccc(F)c(Cl)c3)CCC2)nc1. The lowest BCUT2D eigenvalue weighted by atomic mass is 9.62. The number of carbonyl (C=O) groups is 3. The molecular formula is C36H34Cl2F4N6O3. The van der Waals surface area contributed by atoms with Crippen LogP contribution in [-0.2, 0) is 28.5 Å². The average Bonchev–Trinajstić information content (AvgIpc) is 3.09. The van der Waals surface area contributed by atoms with Crippen molar-refractivity contribution in [3.05, 3.63) is 117 Å². The Balaban J connectivity index is 0.000000201. The highest BCUT2D eigenvalue weighted by Gasteiger charge is 2.41. The molecule has 1 amide bonds. The number of halogens is 6. The summed E-state index contributed by atoms with van der Waals surface area (Å²) in [5.41, 5.74) is 7.47. The van der Waals surface area contributed by atoms with E-state index in [2.05, 4.69) is 19.9 Å². The molecule has 268 valence electrons. The predicted molar refractivity (Wildman–Crippen MR) is 182 cm³/mol. The lowest BCUT2D eigenvalue weighted by Gasteiger charge is -2.42. The van der Waals surface area contributed by atoms with E-state index in [0.717, 1.165) is 49.7 Å². The van der Waals surface area contributed by atoms with Gasteiger partial charge >= 0.3 is 6.43 Å². The summed E-state index contributed by atoms with van der Waals surface area (Å²) in [5.74, 6) is -1.96. The number of nitrogens with one attached hydrogen (secondary N) is 1. The third kappa shape index (κ3) is 8.95. The van der Waals surface area contributed by atoms with Gasteiger partial charge in [0.2, 0.25) is 0 Å². The van der Waals surface area contributed by atoms with E-state index in [1.54, 1.807) is 24.3 Å². The maximum Gasteiger partial charge on any atom is 0.315 e. The Bertz CT molecular complexity index is 1890. The lowest BCUT2D eigenvalue weighted by molar-refractivity contribution is -0.131. The summed E-state index contributed by atoms with van der Waals surface area (Å²) in [6, 6.07) is 9.56. The summed E-state index contributed by atoms with van der Waals surface area (Å²) in [5, 5.41) is 2.05. The summed E-state index contributed by atoms with van der Waals surface area (Å²) in [6.45, 7) is -0.607. The van der Waals surface area contributed by atoms with Crippen molar-refractivity contribution in [3.8, 4) is 0 Å². The van der Waals surface area contributed by atoms with Gasteiger partial charge in [-0.1, -0.05) is 48.2 Å². The minimum Gasteiger partial charge on any atom is -0.344 e. The molecule has 2 aromatic carbocycles. The second kappa shape index (κ2) is 16.3. The number of alkyl halides is 2. The summed E-state index contributed by atoms with van der Waals surface area (Å²) in [4.78, 5) is 51.2. The van der Waals surface area contributed by atoms with Gasteiger partial charge in [0, 0.05) is 48.5 Å². The van der Waals surface area contributed by atoms with Gasteiger partial charge in [-0.05, 0) is 61.1 Å². The number of ketones is 2. The predicted octanol–water partition coefficient (Wildman–Crippen LogP) is 6.57. The van der Waals surface area contributed by atoms with Crippen LogP contribution in [0.2, 0.25) is 10.0 Å². The molecule has 0 unspecified atom stereocenters. The molecule has 2 aliphatic carbocycles. The van der Waals surface area contributed by atoms with Crippen LogP contribution in [0.4, 0.5) is 17.6 Å². The van der Waals surface area contributed by atoms with Gasteiger partial charge in [0.1, 0.15) is 23.3 Å². The Morgan fingerprint density at radius 2 is 1.14 bits per heavy atom. The zero-order valence-corrected chi connectivity index (χ0v) is 28.8. The standard InChI is InChI=1S/C19H17ClF3N3O2.C17H17ClFN3O/c20-13-6-12(2-3-14(13)21)19(4-1-5-19)7-16-24-8-11(9-25-16)15(27)10-26-18(28)17(22)23;18-13-6-12(2-3-14(13)19)17(4-1-5-17)7-16-21-9-11(10-22-16)15(23)8-20/h2-3,6,8-9,17H,1,4-5,7,10H2,(H,26,28);2-3,6,9-10H,1,4-5,7-8,20H2. The largest absolute Gasteiger partial charge is 0.344 e. The second-order valence-corrected chi connectivity index (χ2v) is 13.5.